The van der Waals surface area contributed by atoms with Crippen LogP contribution in [0.5, 0.6) is 0 Å². The van der Waals surface area contributed by atoms with Gasteiger partial charge in [0.1, 0.15) is 6.10 Å². The molecule has 1 aromatic heterocycles. The zero-order valence-corrected chi connectivity index (χ0v) is 16.2. The number of allylic oxidation sites excluding steroid dienone is 3. The summed E-state index contributed by atoms with van der Waals surface area (Å²) >= 11 is 0. The topological polar surface area (TPSA) is 70.2 Å². The minimum Gasteiger partial charge on any atom is -0.367 e. The molecule has 0 aliphatic heterocycles. The maximum absolute atomic E-state index is 11.4. The number of para-hydroxylation sites is 1. The molecule has 6 nitrogen and oxygen atoms in total. The third-order valence-electron chi connectivity index (χ3n) is 4.24. The molecule has 1 heterocycles. The molecule has 0 bridgehead atoms. The van der Waals surface area contributed by atoms with Gasteiger partial charge in [0, 0.05) is 18.5 Å². The van der Waals surface area contributed by atoms with Crippen LogP contribution in [-0.2, 0) is 11.3 Å². The Balaban J connectivity index is 2.10. The molecule has 144 valence electrons. The van der Waals surface area contributed by atoms with Crippen LogP contribution < -0.4 is 0 Å². The summed E-state index contributed by atoms with van der Waals surface area (Å²) in [6.45, 7) is 7.14. The van der Waals surface area contributed by atoms with Crippen LogP contribution in [0.2, 0.25) is 0 Å². The highest BCUT2D eigenvalue weighted by atomic mass is 16.6. The largest absolute Gasteiger partial charge is 0.367 e. The van der Waals surface area contributed by atoms with Crippen LogP contribution in [0.1, 0.15) is 45.3 Å². The van der Waals surface area contributed by atoms with Gasteiger partial charge in [0.25, 0.3) is 5.69 Å². The summed E-state index contributed by atoms with van der Waals surface area (Å²) in [4.78, 5) is 15.1. The molecule has 27 heavy (non-hydrogen) atoms. The standard InChI is InChI=1S/C21H27N3O3/c1-17(2)7-6-8-18(3)11-14-27-21(15-23-13-12-22-16-23)19-9-4-5-10-20(19)24(25)26/h4-5,7,9-13,16,21H,6,8,14-15H2,1-3H3. The molecule has 1 aromatic carbocycles. The molecule has 0 N–H and O–H groups in total. The second-order valence-corrected chi connectivity index (χ2v) is 6.77. The van der Waals surface area contributed by atoms with Gasteiger partial charge in [-0.25, -0.2) is 4.98 Å². The van der Waals surface area contributed by atoms with Gasteiger partial charge in [-0.2, -0.15) is 0 Å². The first-order valence-electron chi connectivity index (χ1n) is 9.07. The Hall–Kier alpha value is -2.73. The lowest BCUT2D eigenvalue weighted by Crippen LogP contribution is -2.14. The number of aromatic nitrogens is 2. The number of benzene rings is 1. The fourth-order valence-electron chi connectivity index (χ4n) is 2.75. The number of ether oxygens (including phenoxy) is 1. The molecular formula is C21H27N3O3. The molecule has 0 aliphatic carbocycles. The van der Waals surface area contributed by atoms with Gasteiger partial charge in [0.2, 0.25) is 0 Å². The van der Waals surface area contributed by atoms with E-state index in [-0.39, 0.29) is 10.6 Å². The van der Waals surface area contributed by atoms with E-state index in [4.69, 9.17) is 4.74 Å². The molecule has 6 heteroatoms. The van der Waals surface area contributed by atoms with Gasteiger partial charge in [-0.3, -0.25) is 10.1 Å². The highest BCUT2D eigenvalue weighted by Crippen LogP contribution is 2.28. The SMILES string of the molecule is CC(C)=CCCC(C)=CCOC(Cn1ccnc1)c1ccccc1[N+](=O)[O-]. The van der Waals surface area contributed by atoms with E-state index in [9.17, 15) is 10.1 Å². The van der Waals surface area contributed by atoms with Crippen LogP contribution in [0.3, 0.4) is 0 Å². The second kappa shape index (κ2) is 10.4. The third kappa shape index (κ3) is 6.83. The fourth-order valence-corrected chi connectivity index (χ4v) is 2.75. The van der Waals surface area contributed by atoms with Crippen LogP contribution in [0.15, 0.2) is 66.3 Å². The Morgan fingerprint density at radius 2 is 2.07 bits per heavy atom. The molecule has 0 fully saturated rings. The molecule has 0 aliphatic rings. The Labute approximate surface area is 160 Å². The van der Waals surface area contributed by atoms with Crippen molar-refractivity contribution in [1.29, 1.82) is 0 Å². The summed E-state index contributed by atoms with van der Waals surface area (Å²) in [5.74, 6) is 0. The summed E-state index contributed by atoms with van der Waals surface area (Å²) in [6.07, 6.45) is 11.0. The smallest absolute Gasteiger partial charge is 0.275 e. The van der Waals surface area contributed by atoms with Gasteiger partial charge < -0.3 is 9.30 Å². The normalized spacial score (nSPS) is 12.6. The number of nitrogens with zero attached hydrogens (tertiary/aromatic N) is 3. The maximum Gasteiger partial charge on any atom is 0.275 e. The van der Waals surface area contributed by atoms with E-state index >= 15 is 0 Å². The summed E-state index contributed by atoms with van der Waals surface area (Å²) in [7, 11) is 0. The average Bonchev–Trinajstić information content (AvgIpc) is 3.13. The van der Waals surface area contributed by atoms with E-state index in [2.05, 4.69) is 37.9 Å². The van der Waals surface area contributed by atoms with Gasteiger partial charge in [0.15, 0.2) is 0 Å². The molecule has 1 atom stereocenters. The lowest BCUT2D eigenvalue weighted by molar-refractivity contribution is -0.386. The number of hydrogen-bond donors (Lipinski definition) is 0. The van der Waals surface area contributed by atoms with Crippen LogP contribution in [0, 0.1) is 10.1 Å². The summed E-state index contributed by atoms with van der Waals surface area (Å²) in [5.41, 5.74) is 3.21. The van der Waals surface area contributed by atoms with Crippen molar-refractivity contribution in [3.05, 3.63) is 82.0 Å². The summed E-state index contributed by atoms with van der Waals surface area (Å²) in [6, 6.07) is 6.74. The molecule has 0 spiro atoms. The monoisotopic (exact) mass is 369 g/mol. The number of nitro groups is 1. The van der Waals surface area contributed by atoms with Gasteiger partial charge >= 0.3 is 0 Å². The first-order chi connectivity index (χ1) is 13.0. The molecule has 2 rings (SSSR count). The number of nitro benzene ring substituents is 1. The number of rotatable bonds is 10. The van der Waals surface area contributed by atoms with E-state index in [1.54, 1.807) is 30.7 Å². The summed E-state index contributed by atoms with van der Waals surface area (Å²) in [5, 5.41) is 11.4. The van der Waals surface area contributed by atoms with Crippen LogP contribution in [-0.4, -0.2) is 21.1 Å². The fraction of sp³-hybridized carbons (Fsp3) is 0.381. The van der Waals surface area contributed by atoms with E-state index in [0.717, 1.165) is 12.8 Å². The van der Waals surface area contributed by atoms with Crippen molar-refractivity contribution >= 4 is 5.69 Å². The van der Waals surface area contributed by atoms with E-state index in [0.29, 0.717) is 18.7 Å². The van der Waals surface area contributed by atoms with Crippen molar-refractivity contribution in [3.63, 3.8) is 0 Å². The van der Waals surface area contributed by atoms with E-state index in [1.165, 1.54) is 17.2 Å². The van der Waals surface area contributed by atoms with Gasteiger partial charge in [0.05, 0.1) is 30.0 Å². The number of hydrogen-bond acceptors (Lipinski definition) is 4. The molecule has 0 saturated carbocycles. The molecule has 0 amide bonds. The van der Waals surface area contributed by atoms with Crippen molar-refractivity contribution in [2.75, 3.05) is 6.61 Å². The predicted octanol–water partition coefficient (Wildman–Crippen LogP) is 5.24. The lowest BCUT2D eigenvalue weighted by atomic mass is 10.1. The molecule has 1 unspecified atom stereocenters. The van der Waals surface area contributed by atoms with Gasteiger partial charge in [-0.1, -0.05) is 35.4 Å². The van der Waals surface area contributed by atoms with Crippen LogP contribution in [0.4, 0.5) is 5.69 Å². The van der Waals surface area contributed by atoms with Crippen molar-refractivity contribution < 1.29 is 9.66 Å². The van der Waals surface area contributed by atoms with Crippen LogP contribution in [0.25, 0.3) is 0 Å². The molecule has 0 radical (unpaired) electrons. The van der Waals surface area contributed by atoms with Crippen molar-refractivity contribution in [3.8, 4) is 0 Å². The average molecular weight is 369 g/mol. The molecular weight excluding hydrogens is 342 g/mol. The molecule has 0 saturated heterocycles. The quantitative estimate of drug-likeness (QED) is 0.326. The molecule has 2 aromatic rings. The Morgan fingerprint density at radius 3 is 2.74 bits per heavy atom. The van der Waals surface area contributed by atoms with Crippen LogP contribution >= 0.6 is 0 Å². The third-order valence-corrected chi connectivity index (χ3v) is 4.24. The zero-order chi connectivity index (χ0) is 19.6. The number of imidazole rings is 1. The van der Waals surface area contributed by atoms with E-state index in [1.807, 2.05) is 10.8 Å². The lowest BCUT2D eigenvalue weighted by Gasteiger charge is -2.18. The summed E-state index contributed by atoms with van der Waals surface area (Å²) < 4.78 is 7.91. The van der Waals surface area contributed by atoms with Crippen molar-refractivity contribution in [1.82, 2.24) is 9.55 Å². The van der Waals surface area contributed by atoms with Crippen molar-refractivity contribution in [2.24, 2.45) is 0 Å². The second-order valence-electron chi connectivity index (χ2n) is 6.77. The Kier molecular flexibility index (Phi) is 7.95. The Morgan fingerprint density at radius 1 is 1.30 bits per heavy atom. The first kappa shape index (κ1) is 20.6. The van der Waals surface area contributed by atoms with E-state index < -0.39 is 6.10 Å². The minimum atomic E-state index is -0.428. The van der Waals surface area contributed by atoms with Crippen molar-refractivity contribution in [2.45, 2.75) is 46.3 Å². The predicted molar refractivity (Wildman–Crippen MR) is 106 cm³/mol. The van der Waals surface area contributed by atoms with Gasteiger partial charge in [-0.15, -0.1) is 0 Å². The Bertz CT molecular complexity index is 791. The highest BCUT2D eigenvalue weighted by Gasteiger charge is 2.22. The zero-order valence-electron chi connectivity index (χ0n) is 16.2. The maximum atomic E-state index is 11.4. The highest BCUT2D eigenvalue weighted by molar-refractivity contribution is 5.41. The van der Waals surface area contributed by atoms with Gasteiger partial charge in [-0.05, 0) is 39.7 Å². The minimum absolute atomic E-state index is 0.0758. The first-order valence-corrected chi connectivity index (χ1v) is 9.07.